The lowest BCUT2D eigenvalue weighted by Crippen LogP contribution is -2.33. The molecule has 1 heterocycles. The first kappa shape index (κ1) is 19.4. The average molecular weight is 386 g/mol. The number of likely N-dealkylation sites (tertiary alicyclic amines) is 1. The Morgan fingerprint density at radius 3 is 2.03 bits per heavy atom. The predicted octanol–water partition coefficient (Wildman–Crippen LogP) is 5.96. The fourth-order valence-corrected chi connectivity index (χ4v) is 3.90. The number of para-hydroxylation sites is 1. The molecule has 0 bridgehead atoms. The Morgan fingerprint density at radius 2 is 1.38 bits per heavy atom. The number of Topliss-reactive ketones (excluding diaryl/α,β-unsaturated/α-hetero) is 1. The van der Waals surface area contributed by atoms with E-state index in [9.17, 15) is 4.79 Å². The van der Waals surface area contributed by atoms with Gasteiger partial charge in [-0.25, -0.2) is 0 Å². The molecule has 3 aromatic carbocycles. The number of ether oxygens (including phenoxy) is 1. The smallest absolute Gasteiger partial charge is 0.163 e. The van der Waals surface area contributed by atoms with E-state index in [1.165, 1.54) is 5.56 Å². The summed E-state index contributed by atoms with van der Waals surface area (Å²) in [4.78, 5) is 15.2. The van der Waals surface area contributed by atoms with Gasteiger partial charge in [0.25, 0.3) is 0 Å². The lowest BCUT2D eigenvalue weighted by Gasteiger charge is -2.31. The van der Waals surface area contributed by atoms with Crippen molar-refractivity contribution in [3.63, 3.8) is 0 Å². The van der Waals surface area contributed by atoms with Gasteiger partial charge in [-0.3, -0.25) is 9.69 Å². The zero-order valence-corrected chi connectivity index (χ0v) is 16.7. The molecule has 3 nitrogen and oxygen atoms in total. The van der Waals surface area contributed by atoms with E-state index in [2.05, 4.69) is 35.2 Å². The summed E-state index contributed by atoms with van der Waals surface area (Å²) in [5.74, 6) is 2.27. The molecule has 0 radical (unpaired) electrons. The van der Waals surface area contributed by atoms with E-state index in [1.54, 1.807) is 0 Å². The van der Waals surface area contributed by atoms with Crippen LogP contribution >= 0.6 is 0 Å². The van der Waals surface area contributed by atoms with Gasteiger partial charge in [-0.15, -0.1) is 0 Å². The van der Waals surface area contributed by atoms with Gasteiger partial charge >= 0.3 is 0 Å². The van der Waals surface area contributed by atoms with Gasteiger partial charge in [0.2, 0.25) is 0 Å². The fraction of sp³-hybridized carbons (Fsp3) is 0.269. The van der Waals surface area contributed by atoms with Gasteiger partial charge in [-0.05, 0) is 73.8 Å². The van der Waals surface area contributed by atoms with Gasteiger partial charge in [-0.2, -0.15) is 0 Å². The number of hydrogen-bond acceptors (Lipinski definition) is 3. The van der Waals surface area contributed by atoms with Crippen LogP contribution in [0.5, 0.6) is 11.5 Å². The Kier molecular flexibility index (Phi) is 6.38. The first-order valence-corrected chi connectivity index (χ1v) is 10.4. The minimum atomic E-state index is 0.234. The van der Waals surface area contributed by atoms with Crippen LogP contribution in [0.1, 0.15) is 35.2 Å². The summed E-state index contributed by atoms with van der Waals surface area (Å²) >= 11 is 0. The molecule has 148 valence electrons. The van der Waals surface area contributed by atoms with E-state index in [1.807, 2.05) is 54.6 Å². The fourth-order valence-electron chi connectivity index (χ4n) is 3.90. The third kappa shape index (κ3) is 5.55. The van der Waals surface area contributed by atoms with Crippen molar-refractivity contribution in [1.29, 1.82) is 0 Å². The standard InChI is InChI=1S/C26H27NO2/c28-26(23-11-13-25(14-12-23)29-24-9-5-2-6-10-24)19-21-15-17-27(18-16-21)20-22-7-3-1-4-8-22/h1-14,21H,15-20H2. The van der Waals surface area contributed by atoms with E-state index in [0.29, 0.717) is 12.3 Å². The number of hydrogen-bond donors (Lipinski definition) is 0. The third-order valence-electron chi connectivity index (χ3n) is 5.59. The summed E-state index contributed by atoms with van der Waals surface area (Å²) in [5.41, 5.74) is 2.14. The van der Waals surface area contributed by atoms with Gasteiger partial charge < -0.3 is 4.74 Å². The maximum absolute atomic E-state index is 12.7. The van der Waals surface area contributed by atoms with Crippen LogP contribution < -0.4 is 4.74 Å². The monoisotopic (exact) mass is 385 g/mol. The van der Waals surface area contributed by atoms with Crippen molar-refractivity contribution < 1.29 is 9.53 Å². The molecule has 0 N–H and O–H groups in total. The zero-order valence-electron chi connectivity index (χ0n) is 16.7. The molecule has 0 unspecified atom stereocenters. The number of piperidine rings is 1. The van der Waals surface area contributed by atoms with E-state index in [0.717, 1.165) is 49.5 Å². The van der Waals surface area contributed by atoms with Crippen LogP contribution in [0, 0.1) is 5.92 Å². The van der Waals surface area contributed by atoms with Crippen molar-refractivity contribution in [2.24, 2.45) is 5.92 Å². The first-order chi connectivity index (χ1) is 14.3. The molecule has 0 spiro atoms. The number of carbonyl (C=O) groups excluding carboxylic acids is 1. The third-order valence-corrected chi connectivity index (χ3v) is 5.59. The minimum Gasteiger partial charge on any atom is -0.457 e. The summed E-state index contributed by atoms with van der Waals surface area (Å²) < 4.78 is 5.81. The Morgan fingerprint density at radius 1 is 0.793 bits per heavy atom. The highest BCUT2D eigenvalue weighted by Gasteiger charge is 2.22. The van der Waals surface area contributed by atoms with Crippen LogP contribution in [0.4, 0.5) is 0 Å². The van der Waals surface area contributed by atoms with Gasteiger partial charge in [0.05, 0.1) is 0 Å². The van der Waals surface area contributed by atoms with Crippen LogP contribution in [0.15, 0.2) is 84.9 Å². The van der Waals surface area contributed by atoms with Crippen LogP contribution in [-0.4, -0.2) is 23.8 Å². The predicted molar refractivity (Wildman–Crippen MR) is 116 cm³/mol. The quantitative estimate of drug-likeness (QED) is 0.470. The molecular formula is C26H27NO2. The summed E-state index contributed by atoms with van der Waals surface area (Å²) in [5, 5.41) is 0. The second kappa shape index (κ2) is 9.53. The summed E-state index contributed by atoms with van der Waals surface area (Å²) in [6.07, 6.45) is 2.82. The number of carbonyl (C=O) groups is 1. The summed E-state index contributed by atoms with van der Waals surface area (Å²) in [6, 6.07) is 27.8. The Hall–Kier alpha value is -2.91. The molecule has 0 aliphatic carbocycles. The van der Waals surface area contributed by atoms with Crippen molar-refractivity contribution in [3.05, 3.63) is 96.1 Å². The van der Waals surface area contributed by atoms with Gasteiger partial charge in [-0.1, -0.05) is 48.5 Å². The normalized spacial score (nSPS) is 15.2. The maximum atomic E-state index is 12.7. The van der Waals surface area contributed by atoms with E-state index >= 15 is 0 Å². The Balaban J connectivity index is 1.25. The highest BCUT2D eigenvalue weighted by atomic mass is 16.5. The second-order valence-corrected chi connectivity index (χ2v) is 7.77. The molecule has 3 aromatic rings. The van der Waals surface area contributed by atoms with Gasteiger partial charge in [0.1, 0.15) is 11.5 Å². The average Bonchev–Trinajstić information content (AvgIpc) is 2.77. The minimum absolute atomic E-state index is 0.234. The number of rotatable bonds is 7. The van der Waals surface area contributed by atoms with Crippen molar-refractivity contribution in [2.75, 3.05) is 13.1 Å². The Bertz CT molecular complexity index is 898. The Labute approximate surface area is 172 Å². The number of ketones is 1. The van der Waals surface area contributed by atoms with Crippen molar-refractivity contribution in [2.45, 2.75) is 25.8 Å². The number of benzene rings is 3. The molecule has 1 fully saturated rings. The van der Waals surface area contributed by atoms with Crippen molar-refractivity contribution >= 4 is 5.78 Å². The van der Waals surface area contributed by atoms with E-state index < -0.39 is 0 Å². The lowest BCUT2D eigenvalue weighted by molar-refractivity contribution is 0.0925. The van der Waals surface area contributed by atoms with Crippen molar-refractivity contribution in [1.82, 2.24) is 4.90 Å². The number of nitrogens with zero attached hydrogens (tertiary/aromatic N) is 1. The zero-order chi connectivity index (χ0) is 19.9. The van der Waals surface area contributed by atoms with Crippen LogP contribution in [0.25, 0.3) is 0 Å². The largest absolute Gasteiger partial charge is 0.457 e. The summed E-state index contributed by atoms with van der Waals surface area (Å²) in [7, 11) is 0. The first-order valence-electron chi connectivity index (χ1n) is 10.4. The van der Waals surface area contributed by atoms with Crippen molar-refractivity contribution in [3.8, 4) is 11.5 Å². The molecule has 29 heavy (non-hydrogen) atoms. The molecule has 0 aromatic heterocycles. The van der Waals surface area contributed by atoms with Gasteiger partial charge in [0.15, 0.2) is 5.78 Å². The summed E-state index contributed by atoms with van der Waals surface area (Å²) in [6.45, 7) is 3.14. The van der Waals surface area contributed by atoms with Crippen LogP contribution in [-0.2, 0) is 6.54 Å². The molecule has 3 heteroatoms. The molecule has 0 saturated carbocycles. The van der Waals surface area contributed by atoms with E-state index in [4.69, 9.17) is 4.74 Å². The highest BCUT2D eigenvalue weighted by Crippen LogP contribution is 2.25. The molecule has 4 rings (SSSR count). The molecular weight excluding hydrogens is 358 g/mol. The topological polar surface area (TPSA) is 29.5 Å². The lowest BCUT2D eigenvalue weighted by atomic mass is 9.89. The van der Waals surface area contributed by atoms with Crippen LogP contribution in [0.3, 0.4) is 0 Å². The SMILES string of the molecule is O=C(CC1CCN(Cc2ccccc2)CC1)c1ccc(Oc2ccccc2)cc1. The maximum Gasteiger partial charge on any atom is 0.163 e. The molecule has 1 saturated heterocycles. The van der Waals surface area contributed by atoms with Gasteiger partial charge in [0, 0.05) is 18.5 Å². The molecule has 1 aliphatic heterocycles. The highest BCUT2D eigenvalue weighted by molar-refractivity contribution is 5.96. The van der Waals surface area contributed by atoms with E-state index in [-0.39, 0.29) is 5.78 Å². The molecule has 0 atom stereocenters. The van der Waals surface area contributed by atoms with Crippen LogP contribution in [0.2, 0.25) is 0 Å². The second-order valence-electron chi connectivity index (χ2n) is 7.77. The molecule has 0 amide bonds. The molecule has 1 aliphatic rings.